The SMILES string of the molecule is CC(C)=CCC(C)(O)CCO. The number of hydrogen-bond donors (Lipinski definition) is 2. The van der Waals surface area contributed by atoms with Gasteiger partial charge >= 0.3 is 0 Å². The first-order valence-corrected chi connectivity index (χ1v) is 3.94. The summed E-state index contributed by atoms with van der Waals surface area (Å²) in [7, 11) is 0. The summed E-state index contributed by atoms with van der Waals surface area (Å²) in [6, 6.07) is 0. The van der Waals surface area contributed by atoms with Gasteiger partial charge in [-0.3, -0.25) is 0 Å². The second-order valence-corrected chi connectivity index (χ2v) is 3.46. The van der Waals surface area contributed by atoms with Crippen molar-refractivity contribution in [1.29, 1.82) is 0 Å². The Morgan fingerprint density at radius 2 is 2.00 bits per heavy atom. The summed E-state index contributed by atoms with van der Waals surface area (Å²) in [6.45, 7) is 5.77. The molecule has 0 aliphatic rings. The van der Waals surface area contributed by atoms with Crippen molar-refractivity contribution >= 4 is 0 Å². The van der Waals surface area contributed by atoms with Crippen molar-refractivity contribution in [3.63, 3.8) is 0 Å². The molecule has 1 atom stereocenters. The molecule has 66 valence electrons. The standard InChI is InChI=1S/C9H18O2/c1-8(2)4-5-9(3,11)6-7-10/h4,10-11H,5-7H2,1-3H3. The number of aliphatic hydroxyl groups excluding tert-OH is 1. The van der Waals surface area contributed by atoms with Gasteiger partial charge in [-0.25, -0.2) is 0 Å². The molecule has 2 N–H and O–H groups in total. The molecule has 0 saturated heterocycles. The van der Waals surface area contributed by atoms with E-state index in [1.165, 1.54) is 5.57 Å². The maximum Gasteiger partial charge on any atom is 0.0675 e. The first-order valence-electron chi connectivity index (χ1n) is 3.94. The molecule has 0 amide bonds. The zero-order valence-electron chi connectivity index (χ0n) is 7.59. The summed E-state index contributed by atoms with van der Waals surface area (Å²) < 4.78 is 0. The van der Waals surface area contributed by atoms with Crippen LogP contribution in [-0.4, -0.2) is 22.4 Å². The van der Waals surface area contributed by atoms with Gasteiger partial charge in [-0.05, 0) is 33.6 Å². The van der Waals surface area contributed by atoms with E-state index in [1.807, 2.05) is 19.9 Å². The summed E-state index contributed by atoms with van der Waals surface area (Å²) in [5.74, 6) is 0. The van der Waals surface area contributed by atoms with Crippen LogP contribution in [0.1, 0.15) is 33.6 Å². The smallest absolute Gasteiger partial charge is 0.0675 e. The Hall–Kier alpha value is -0.340. The highest BCUT2D eigenvalue weighted by atomic mass is 16.3. The van der Waals surface area contributed by atoms with Crippen LogP contribution in [0.5, 0.6) is 0 Å². The molecule has 0 radical (unpaired) electrons. The normalized spacial score (nSPS) is 15.7. The van der Waals surface area contributed by atoms with Crippen LogP contribution in [-0.2, 0) is 0 Å². The van der Waals surface area contributed by atoms with E-state index in [0.717, 1.165) is 0 Å². The monoisotopic (exact) mass is 158 g/mol. The molecule has 0 heterocycles. The molecule has 0 rings (SSSR count). The molecule has 0 aromatic rings. The van der Waals surface area contributed by atoms with Gasteiger partial charge in [-0.15, -0.1) is 0 Å². The molecule has 2 nitrogen and oxygen atoms in total. The molecule has 0 aliphatic carbocycles. The van der Waals surface area contributed by atoms with E-state index >= 15 is 0 Å². The van der Waals surface area contributed by atoms with Crippen molar-refractivity contribution in [2.45, 2.75) is 39.2 Å². The average Bonchev–Trinajstić information content (AvgIpc) is 1.84. The topological polar surface area (TPSA) is 40.5 Å². The van der Waals surface area contributed by atoms with Crippen molar-refractivity contribution in [2.24, 2.45) is 0 Å². The van der Waals surface area contributed by atoms with Gasteiger partial charge in [0.1, 0.15) is 0 Å². The van der Waals surface area contributed by atoms with Gasteiger partial charge in [0.15, 0.2) is 0 Å². The number of allylic oxidation sites excluding steroid dienone is 1. The third-order valence-electron chi connectivity index (χ3n) is 1.60. The summed E-state index contributed by atoms with van der Waals surface area (Å²) in [4.78, 5) is 0. The maximum atomic E-state index is 9.56. The Balaban J connectivity index is 3.81. The highest BCUT2D eigenvalue weighted by molar-refractivity contribution is 4.96. The van der Waals surface area contributed by atoms with Crippen molar-refractivity contribution < 1.29 is 10.2 Å². The van der Waals surface area contributed by atoms with Gasteiger partial charge in [0.05, 0.1) is 5.60 Å². The van der Waals surface area contributed by atoms with Gasteiger partial charge in [0.25, 0.3) is 0 Å². The molecular formula is C9H18O2. The molecule has 0 aromatic carbocycles. The van der Waals surface area contributed by atoms with Crippen LogP contribution in [0.15, 0.2) is 11.6 Å². The van der Waals surface area contributed by atoms with E-state index in [4.69, 9.17) is 5.11 Å². The minimum atomic E-state index is -0.744. The van der Waals surface area contributed by atoms with Crippen molar-refractivity contribution in [3.8, 4) is 0 Å². The minimum absolute atomic E-state index is 0.0452. The molecule has 0 bridgehead atoms. The highest BCUT2D eigenvalue weighted by Crippen LogP contribution is 2.15. The van der Waals surface area contributed by atoms with Gasteiger partial charge in [-0.1, -0.05) is 11.6 Å². The molecular weight excluding hydrogens is 140 g/mol. The van der Waals surface area contributed by atoms with Crippen LogP contribution in [0.4, 0.5) is 0 Å². The largest absolute Gasteiger partial charge is 0.396 e. The molecule has 0 fully saturated rings. The fourth-order valence-electron chi connectivity index (χ4n) is 0.767. The first kappa shape index (κ1) is 10.7. The van der Waals surface area contributed by atoms with E-state index in [1.54, 1.807) is 6.92 Å². The second kappa shape index (κ2) is 4.52. The van der Waals surface area contributed by atoms with Gasteiger partial charge < -0.3 is 10.2 Å². The van der Waals surface area contributed by atoms with Crippen molar-refractivity contribution in [1.82, 2.24) is 0 Å². The zero-order chi connectivity index (χ0) is 8.91. The summed E-state index contributed by atoms with van der Waals surface area (Å²) in [5, 5.41) is 18.1. The zero-order valence-corrected chi connectivity index (χ0v) is 7.59. The molecule has 0 aromatic heterocycles. The maximum absolute atomic E-state index is 9.56. The van der Waals surface area contributed by atoms with Gasteiger partial charge in [0.2, 0.25) is 0 Å². The lowest BCUT2D eigenvalue weighted by Crippen LogP contribution is -2.24. The van der Waals surface area contributed by atoms with Crippen LogP contribution in [0, 0.1) is 0 Å². The Bertz CT molecular complexity index is 132. The fraction of sp³-hybridized carbons (Fsp3) is 0.778. The second-order valence-electron chi connectivity index (χ2n) is 3.46. The van der Waals surface area contributed by atoms with E-state index in [2.05, 4.69) is 0 Å². The quantitative estimate of drug-likeness (QED) is 0.608. The molecule has 2 heteroatoms. The van der Waals surface area contributed by atoms with E-state index in [0.29, 0.717) is 12.8 Å². The molecule has 0 spiro atoms. The molecule has 0 saturated carbocycles. The highest BCUT2D eigenvalue weighted by Gasteiger charge is 2.16. The number of rotatable bonds is 4. The Morgan fingerprint density at radius 3 is 2.36 bits per heavy atom. The van der Waals surface area contributed by atoms with Gasteiger partial charge in [0, 0.05) is 6.61 Å². The van der Waals surface area contributed by atoms with Crippen LogP contribution in [0.25, 0.3) is 0 Å². The number of aliphatic hydroxyl groups is 2. The van der Waals surface area contributed by atoms with Crippen molar-refractivity contribution in [2.75, 3.05) is 6.61 Å². The van der Waals surface area contributed by atoms with Crippen LogP contribution < -0.4 is 0 Å². The predicted octanol–water partition coefficient (Wildman–Crippen LogP) is 1.48. The molecule has 1 unspecified atom stereocenters. The Labute approximate surface area is 68.6 Å². The molecule has 0 aliphatic heterocycles. The predicted molar refractivity (Wildman–Crippen MR) is 46.4 cm³/mol. The van der Waals surface area contributed by atoms with E-state index in [-0.39, 0.29) is 6.61 Å². The van der Waals surface area contributed by atoms with E-state index in [9.17, 15) is 5.11 Å². The Morgan fingerprint density at radius 1 is 1.45 bits per heavy atom. The van der Waals surface area contributed by atoms with Crippen LogP contribution >= 0.6 is 0 Å². The van der Waals surface area contributed by atoms with Crippen molar-refractivity contribution in [3.05, 3.63) is 11.6 Å². The fourth-order valence-corrected chi connectivity index (χ4v) is 0.767. The van der Waals surface area contributed by atoms with Gasteiger partial charge in [-0.2, -0.15) is 0 Å². The average molecular weight is 158 g/mol. The third-order valence-corrected chi connectivity index (χ3v) is 1.60. The van der Waals surface area contributed by atoms with Crippen LogP contribution in [0.2, 0.25) is 0 Å². The first-order chi connectivity index (χ1) is 4.98. The Kier molecular flexibility index (Phi) is 4.38. The molecule has 11 heavy (non-hydrogen) atoms. The lowest BCUT2D eigenvalue weighted by Gasteiger charge is -2.20. The lowest BCUT2D eigenvalue weighted by molar-refractivity contribution is 0.0361. The number of hydrogen-bond acceptors (Lipinski definition) is 2. The summed E-state index contributed by atoms with van der Waals surface area (Å²) >= 11 is 0. The van der Waals surface area contributed by atoms with Crippen LogP contribution in [0.3, 0.4) is 0 Å². The summed E-state index contributed by atoms with van der Waals surface area (Å²) in [5.41, 5.74) is 0.453. The third kappa shape index (κ3) is 6.07. The van der Waals surface area contributed by atoms with E-state index < -0.39 is 5.60 Å². The minimum Gasteiger partial charge on any atom is -0.396 e. The lowest BCUT2D eigenvalue weighted by atomic mass is 9.97. The summed E-state index contributed by atoms with van der Waals surface area (Å²) in [6.07, 6.45) is 3.04.